The average molecular weight is 373 g/mol. The number of carboxylic acids is 1. The summed E-state index contributed by atoms with van der Waals surface area (Å²) >= 11 is 1.95. The van der Waals surface area contributed by atoms with Crippen LogP contribution in [0, 0.1) is 10.8 Å². The fraction of sp³-hybridized carbons (Fsp3) is 0.619. The largest absolute Gasteiger partial charge is 0.478 e. The summed E-state index contributed by atoms with van der Waals surface area (Å²) in [5.41, 5.74) is 1.93. The van der Waals surface area contributed by atoms with E-state index in [4.69, 9.17) is 10.1 Å². The number of aliphatic imine (C=N–C) groups is 1. The fourth-order valence-electron chi connectivity index (χ4n) is 4.19. The summed E-state index contributed by atoms with van der Waals surface area (Å²) < 4.78 is 0. The lowest BCUT2D eigenvalue weighted by molar-refractivity contribution is 0.0697. The van der Waals surface area contributed by atoms with Gasteiger partial charge in [0.25, 0.3) is 0 Å². The second kappa shape index (κ2) is 6.01. The number of carbonyl (C=O) groups is 1. The Bertz CT molecular complexity index is 750. The number of rotatable bonds is 3. The van der Waals surface area contributed by atoms with E-state index in [1.54, 1.807) is 12.1 Å². The van der Waals surface area contributed by atoms with E-state index in [0.29, 0.717) is 28.3 Å². The molecule has 4 nitrogen and oxygen atoms in total. The first-order valence-corrected chi connectivity index (χ1v) is 10.4. The monoisotopic (exact) mass is 372 g/mol. The quantitative estimate of drug-likeness (QED) is 0.807. The highest BCUT2D eigenvalue weighted by Crippen LogP contribution is 2.55. The molecule has 0 saturated heterocycles. The zero-order valence-corrected chi connectivity index (χ0v) is 16.8. The van der Waals surface area contributed by atoms with E-state index >= 15 is 0 Å². The van der Waals surface area contributed by atoms with Crippen LogP contribution in [-0.2, 0) is 0 Å². The molecule has 1 N–H and O–H groups in total. The molecule has 1 aromatic rings. The van der Waals surface area contributed by atoms with Crippen molar-refractivity contribution >= 4 is 28.6 Å². The number of fused-ring (bicyclic) bond motifs is 1. The maximum atomic E-state index is 11.2. The topological polar surface area (TPSA) is 52.9 Å². The molecule has 2 fully saturated rings. The van der Waals surface area contributed by atoms with Crippen LogP contribution in [0.4, 0.5) is 5.69 Å². The minimum Gasteiger partial charge on any atom is -0.478 e. The highest BCUT2D eigenvalue weighted by atomic mass is 32.2. The van der Waals surface area contributed by atoms with E-state index in [1.807, 2.05) is 23.9 Å². The van der Waals surface area contributed by atoms with Gasteiger partial charge in [0.05, 0.1) is 11.6 Å². The van der Waals surface area contributed by atoms with Crippen molar-refractivity contribution in [1.29, 1.82) is 0 Å². The van der Waals surface area contributed by atoms with Crippen molar-refractivity contribution in [1.82, 2.24) is 0 Å². The molecule has 2 unspecified atom stereocenters. The summed E-state index contributed by atoms with van der Waals surface area (Å²) in [4.78, 5) is 18.8. The van der Waals surface area contributed by atoms with Crippen molar-refractivity contribution in [2.75, 3.05) is 4.90 Å². The van der Waals surface area contributed by atoms with Gasteiger partial charge in [-0.2, -0.15) is 0 Å². The Kier molecular flexibility index (Phi) is 4.14. The van der Waals surface area contributed by atoms with Crippen molar-refractivity contribution < 1.29 is 9.90 Å². The molecule has 140 valence electrons. The molecular weight excluding hydrogens is 344 g/mol. The van der Waals surface area contributed by atoms with Crippen LogP contribution >= 0.6 is 11.8 Å². The van der Waals surface area contributed by atoms with Crippen molar-refractivity contribution in [2.45, 2.75) is 70.7 Å². The van der Waals surface area contributed by atoms with Crippen LogP contribution < -0.4 is 4.90 Å². The standard InChI is InChI=1S/C21H28N2O2S/c1-20(2)11-12-21(3,4)17-16(20)22-19(26-17)23(15-9-10-15)14-7-5-13(6-8-14)18(24)25/h5-8,15-17H,9-12H2,1-4H3,(H,24,25). The number of benzene rings is 1. The maximum absolute atomic E-state index is 11.2. The zero-order valence-electron chi connectivity index (χ0n) is 16.0. The predicted octanol–water partition coefficient (Wildman–Crippen LogP) is 5.04. The normalized spacial score (nSPS) is 29.0. The molecule has 2 saturated carbocycles. The number of anilines is 1. The van der Waals surface area contributed by atoms with Gasteiger partial charge in [-0.1, -0.05) is 39.5 Å². The predicted molar refractivity (Wildman–Crippen MR) is 108 cm³/mol. The van der Waals surface area contributed by atoms with Crippen LogP contribution in [0.3, 0.4) is 0 Å². The minimum atomic E-state index is -0.878. The van der Waals surface area contributed by atoms with Gasteiger partial charge in [0, 0.05) is 17.0 Å². The van der Waals surface area contributed by atoms with Crippen molar-refractivity contribution in [2.24, 2.45) is 15.8 Å². The Morgan fingerprint density at radius 2 is 1.73 bits per heavy atom. The van der Waals surface area contributed by atoms with Crippen LogP contribution in [0.25, 0.3) is 0 Å². The van der Waals surface area contributed by atoms with Crippen molar-refractivity contribution in [3.63, 3.8) is 0 Å². The number of amidine groups is 1. The number of thioether (sulfide) groups is 1. The van der Waals surface area contributed by atoms with Crippen LogP contribution in [0.15, 0.2) is 29.3 Å². The lowest BCUT2D eigenvalue weighted by atomic mass is 9.63. The van der Waals surface area contributed by atoms with E-state index in [-0.39, 0.29) is 5.41 Å². The summed E-state index contributed by atoms with van der Waals surface area (Å²) in [6.45, 7) is 9.48. The third kappa shape index (κ3) is 3.04. The molecule has 2 atom stereocenters. The average Bonchev–Trinajstić information content (AvgIpc) is 3.29. The van der Waals surface area contributed by atoms with Gasteiger partial charge < -0.3 is 10.0 Å². The number of carboxylic acid groups (broad SMARTS) is 1. The molecule has 5 heteroatoms. The summed E-state index contributed by atoms with van der Waals surface area (Å²) in [5, 5.41) is 10.8. The first-order chi connectivity index (χ1) is 12.2. The summed E-state index contributed by atoms with van der Waals surface area (Å²) in [7, 11) is 0. The Morgan fingerprint density at radius 1 is 1.12 bits per heavy atom. The lowest BCUT2D eigenvalue weighted by Crippen LogP contribution is -2.47. The van der Waals surface area contributed by atoms with Crippen LogP contribution in [0.2, 0.25) is 0 Å². The number of hydrogen-bond donors (Lipinski definition) is 1. The number of aromatic carboxylic acids is 1. The lowest BCUT2D eigenvalue weighted by Gasteiger charge is -2.47. The molecule has 2 aliphatic carbocycles. The molecule has 0 aromatic heterocycles. The van der Waals surface area contributed by atoms with Gasteiger partial charge in [-0.05, 0) is 60.8 Å². The molecule has 3 aliphatic rings. The smallest absolute Gasteiger partial charge is 0.335 e. The van der Waals surface area contributed by atoms with Crippen LogP contribution in [-0.4, -0.2) is 33.6 Å². The first-order valence-electron chi connectivity index (χ1n) is 9.56. The minimum absolute atomic E-state index is 0.233. The van der Waals surface area contributed by atoms with E-state index < -0.39 is 5.97 Å². The van der Waals surface area contributed by atoms with Crippen molar-refractivity contribution in [3.05, 3.63) is 29.8 Å². The highest BCUT2D eigenvalue weighted by molar-refractivity contribution is 8.15. The molecule has 0 bridgehead atoms. The van der Waals surface area contributed by atoms with Crippen LogP contribution in [0.1, 0.15) is 63.7 Å². The van der Waals surface area contributed by atoms with E-state index in [2.05, 4.69) is 32.6 Å². The molecule has 26 heavy (non-hydrogen) atoms. The second-order valence-electron chi connectivity index (χ2n) is 9.33. The second-order valence-corrected chi connectivity index (χ2v) is 10.4. The highest BCUT2D eigenvalue weighted by Gasteiger charge is 2.53. The maximum Gasteiger partial charge on any atom is 0.335 e. The molecule has 1 aromatic carbocycles. The number of hydrogen-bond acceptors (Lipinski definition) is 4. The van der Waals surface area contributed by atoms with Gasteiger partial charge >= 0.3 is 5.97 Å². The molecule has 0 spiro atoms. The molecule has 0 radical (unpaired) electrons. The molecule has 1 heterocycles. The Morgan fingerprint density at radius 3 is 2.27 bits per heavy atom. The molecule has 0 amide bonds. The Labute approximate surface area is 160 Å². The van der Waals surface area contributed by atoms with Gasteiger partial charge in [0.15, 0.2) is 5.17 Å². The van der Waals surface area contributed by atoms with Gasteiger partial charge in [0.1, 0.15) is 0 Å². The van der Waals surface area contributed by atoms with Gasteiger partial charge in [-0.3, -0.25) is 4.99 Å². The summed E-state index contributed by atoms with van der Waals surface area (Å²) in [6, 6.07) is 8.13. The SMILES string of the molecule is CC1(C)CCC(C)(C)C2SC(N(c3ccc(C(=O)O)cc3)C3CC3)=NC21. The molecule has 1 aliphatic heterocycles. The van der Waals surface area contributed by atoms with Crippen molar-refractivity contribution in [3.8, 4) is 0 Å². The Hall–Kier alpha value is -1.49. The van der Waals surface area contributed by atoms with E-state index in [1.165, 1.54) is 25.7 Å². The summed E-state index contributed by atoms with van der Waals surface area (Å²) in [5.74, 6) is -0.878. The summed E-state index contributed by atoms with van der Waals surface area (Å²) in [6.07, 6.45) is 4.83. The fourth-order valence-corrected chi connectivity index (χ4v) is 5.96. The van der Waals surface area contributed by atoms with Gasteiger partial charge in [0.2, 0.25) is 0 Å². The van der Waals surface area contributed by atoms with Gasteiger partial charge in [-0.25, -0.2) is 4.79 Å². The third-order valence-corrected chi connectivity index (χ3v) is 7.93. The first kappa shape index (κ1) is 17.9. The van der Waals surface area contributed by atoms with E-state index in [0.717, 1.165) is 10.9 Å². The number of nitrogens with zero attached hydrogens (tertiary/aromatic N) is 2. The zero-order chi connectivity index (χ0) is 18.7. The van der Waals surface area contributed by atoms with Gasteiger partial charge in [-0.15, -0.1) is 0 Å². The molecular formula is C21H28N2O2S. The Balaban J connectivity index is 1.67. The third-order valence-electron chi connectivity index (χ3n) is 6.26. The van der Waals surface area contributed by atoms with Crippen LogP contribution in [0.5, 0.6) is 0 Å². The molecule has 4 rings (SSSR count). The van der Waals surface area contributed by atoms with E-state index in [9.17, 15) is 4.79 Å².